The second-order valence-electron chi connectivity index (χ2n) is 6.20. The first-order valence-corrected chi connectivity index (χ1v) is 12.3. The van der Waals surface area contributed by atoms with E-state index in [4.69, 9.17) is 17.8 Å². The molecule has 32 heavy (non-hydrogen) atoms. The molecule has 4 rings (SSSR count). The lowest BCUT2D eigenvalue weighted by molar-refractivity contribution is -0.139. The SMILES string of the molecule is COc1ccc2sc(SOC(=O)CCC(=O)OSc3nc4cc(OC)ccc4s3)nc2c1. The summed E-state index contributed by atoms with van der Waals surface area (Å²) in [6.07, 6.45) is -0.190. The Morgan fingerprint density at radius 2 is 1.22 bits per heavy atom. The highest BCUT2D eigenvalue weighted by molar-refractivity contribution is 7.97. The van der Waals surface area contributed by atoms with E-state index in [1.54, 1.807) is 14.2 Å². The van der Waals surface area contributed by atoms with E-state index in [0.717, 1.165) is 44.5 Å². The Kier molecular flexibility index (Phi) is 7.35. The number of thiazole rings is 2. The summed E-state index contributed by atoms with van der Waals surface area (Å²) in [5, 5.41) is 0. The van der Waals surface area contributed by atoms with Crippen molar-refractivity contribution < 1.29 is 27.4 Å². The molecule has 166 valence electrons. The number of benzene rings is 2. The molecule has 0 atom stereocenters. The van der Waals surface area contributed by atoms with Crippen LogP contribution in [0.5, 0.6) is 11.5 Å². The molecule has 2 aromatic carbocycles. The summed E-state index contributed by atoms with van der Waals surface area (Å²) in [6.45, 7) is 0. The van der Waals surface area contributed by atoms with Crippen LogP contribution in [0.1, 0.15) is 12.8 Å². The summed E-state index contributed by atoms with van der Waals surface area (Å²) >= 11 is 4.56. The normalized spacial score (nSPS) is 10.9. The number of hydrogen-bond acceptors (Lipinski definition) is 12. The number of carbonyl (C=O) groups is 2. The number of nitrogens with zero attached hydrogens (tertiary/aromatic N) is 2. The number of carbonyl (C=O) groups excluding carboxylic acids is 2. The zero-order chi connectivity index (χ0) is 22.5. The predicted octanol–water partition coefficient (Wildman–Crippen LogP) is 5.50. The van der Waals surface area contributed by atoms with Gasteiger partial charge in [-0.05, 0) is 24.3 Å². The zero-order valence-corrected chi connectivity index (χ0v) is 20.1. The Labute approximate surface area is 199 Å². The van der Waals surface area contributed by atoms with Crippen molar-refractivity contribution in [3.8, 4) is 11.5 Å². The highest BCUT2D eigenvalue weighted by Gasteiger charge is 2.15. The fourth-order valence-electron chi connectivity index (χ4n) is 2.55. The van der Waals surface area contributed by atoms with E-state index in [1.165, 1.54) is 22.7 Å². The Balaban J connectivity index is 1.21. The Hall–Kier alpha value is -2.54. The lowest BCUT2D eigenvalue weighted by Crippen LogP contribution is -2.05. The zero-order valence-electron chi connectivity index (χ0n) is 16.9. The van der Waals surface area contributed by atoms with Crippen molar-refractivity contribution in [2.24, 2.45) is 0 Å². The van der Waals surface area contributed by atoms with Gasteiger partial charge in [0.15, 0.2) is 8.68 Å². The molecule has 0 aliphatic rings. The van der Waals surface area contributed by atoms with Crippen molar-refractivity contribution in [3.63, 3.8) is 0 Å². The van der Waals surface area contributed by atoms with Gasteiger partial charge in [-0.15, -0.1) is 22.7 Å². The van der Waals surface area contributed by atoms with Crippen LogP contribution in [0.15, 0.2) is 45.1 Å². The van der Waals surface area contributed by atoms with Crippen molar-refractivity contribution in [3.05, 3.63) is 36.4 Å². The smallest absolute Gasteiger partial charge is 0.318 e. The van der Waals surface area contributed by atoms with Gasteiger partial charge in [0.05, 0.1) is 47.5 Å². The molecule has 0 unspecified atom stereocenters. The maximum Gasteiger partial charge on any atom is 0.318 e. The Bertz CT molecular complexity index is 1170. The quantitative estimate of drug-likeness (QED) is 0.269. The minimum atomic E-state index is -0.527. The fourth-order valence-corrected chi connectivity index (χ4v) is 5.69. The summed E-state index contributed by atoms with van der Waals surface area (Å²) in [4.78, 5) is 32.7. The van der Waals surface area contributed by atoms with Crippen molar-refractivity contribution in [2.75, 3.05) is 14.2 Å². The first-order valence-electron chi connectivity index (χ1n) is 9.18. The van der Waals surface area contributed by atoms with Crippen molar-refractivity contribution in [2.45, 2.75) is 21.5 Å². The maximum atomic E-state index is 12.0. The van der Waals surface area contributed by atoms with Crippen LogP contribution in [0.4, 0.5) is 0 Å². The number of rotatable bonds is 9. The van der Waals surface area contributed by atoms with Gasteiger partial charge in [0.25, 0.3) is 0 Å². The molecular formula is C20H16N2O6S4. The highest BCUT2D eigenvalue weighted by Crippen LogP contribution is 2.33. The lowest BCUT2D eigenvalue weighted by Gasteiger charge is -2.01. The summed E-state index contributed by atoms with van der Waals surface area (Å²) < 4.78 is 23.7. The molecule has 0 spiro atoms. The van der Waals surface area contributed by atoms with E-state index in [-0.39, 0.29) is 12.8 Å². The van der Waals surface area contributed by atoms with Gasteiger partial charge in [-0.25, -0.2) is 9.97 Å². The molecule has 0 saturated carbocycles. The van der Waals surface area contributed by atoms with Crippen LogP contribution in [-0.2, 0) is 18.0 Å². The third-order valence-electron chi connectivity index (χ3n) is 4.10. The summed E-state index contributed by atoms with van der Waals surface area (Å²) in [6, 6.07) is 11.1. The van der Waals surface area contributed by atoms with E-state index in [0.29, 0.717) is 20.2 Å². The molecule has 12 heteroatoms. The minimum absolute atomic E-state index is 0.0951. The number of methoxy groups -OCH3 is 2. The number of fused-ring (bicyclic) bond motifs is 2. The average Bonchev–Trinajstić information content (AvgIpc) is 3.41. The maximum absolute atomic E-state index is 12.0. The molecule has 2 aromatic heterocycles. The van der Waals surface area contributed by atoms with Gasteiger partial charge >= 0.3 is 11.9 Å². The molecule has 2 heterocycles. The molecule has 0 aliphatic heterocycles. The fraction of sp³-hybridized carbons (Fsp3) is 0.200. The van der Waals surface area contributed by atoms with Crippen LogP contribution < -0.4 is 9.47 Å². The standard InChI is InChI=1S/C20H16N2O6S4/c1-25-11-3-5-15-13(9-11)21-19(29-15)31-27-17(23)7-8-18(24)28-32-20-22-14-10-12(26-2)4-6-16(14)30-20/h3-6,9-10H,7-8H2,1-2H3. The van der Waals surface area contributed by atoms with Crippen LogP contribution in [0.2, 0.25) is 0 Å². The van der Waals surface area contributed by atoms with Crippen molar-refractivity contribution in [1.29, 1.82) is 0 Å². The Morgan fingerprint density at radius 3 is 1.62 bits per heavy atom. The van der Waals surface area contributed by atoms with E-state index in [2.05, 4.69) is 9.97 Å². The Morgan fingerprint density at radius 1 is 0.781 bits per heavy atom. The van der Waals surface area contributed by atoms with Crippen LogP contribution in [0, 0.1) is 0 Å². The molecule has 0 radical (unpaired) electrons. The summed E-state index contributed by atoms with van der Waals surface area (Å²) in [5.74, 6) is 0.360. The third kappa shape index (κ3) is 5.63. The van der Waals surface area contributed by atoms with Crippen LogP contribution in [-0.4, -0.2) is 36.1 Å². The van der Waals surface area contributed by atoms with Gasteiger partial charge in [0.2, 0.25) is 0 Å². The molecule has 8 nitrogen and oxygen atoms in total. The van der Waals surface area contributed by atoms with Gasteiger partial charge in [0.1, 0.15) is 35.6 Å². The number of aromatic nitrogens is 2. The van der Waals surface area contributed by atoms with Gasteiger partial charge in [-0.1, -0.05) is 0 Å². The number of hydrogen-bond donors (Lipinski definition) is 0. The minimum Gasteiger partial charge on any atom is -0.497 e. The molecule has 0 aliphatic carbocycles. The van der Waals surface area contributed by atoms with Crippen molar-refractivity contribution in [1.82, 2.24) is 9.97 Å². The topological polar surface area (TPSA) is 96.8 Å². The molecule has 0 N–H and O–H groups in total. The van der Waals surface area contributed by atoms with Gasteiger partial charge in [-0.3, -0.25) is 9.59 Å². The first kappa shape index (κ1) is 22.6. The van der Waals surface area contributed by atoms with Crippen LogP contribution in [0.25, 0.3) is 20.4 Å². The molecular weight excluding hydrogens is 492 g/mol. The third-order valence-corrected chi connectivity index (χ3v) is 7.67. The van der Waals surface area contributed by atoms with Crippen LogP contribution >= 0.6 is 46.8 Å². The van der Waals surface area contributed by atoms with E-state index in [1.807, 2.05) is 36.4 Å². The molecule has 4 aromatic rings. The second kappa shape index (κ2) is 10.4. The summed E-state index contributed by atoms with van der Waals surface area (Å²) in [5.41, 5.74) is 1.53. The van der Waals surface area contributed by atoms with Gasteiger partial charge < -0.3 is 17.8 Å². The van der Waals surface area contributed by atoms with E-state index in [9.17, 15) is 9.59 Å². The largest absolute Gasteiger partial charge is 0.497 e. The second-order valence-corrected chi connectivity index (χ2v) is 10.2. The average molecular weight is 509 g/mol. The monoisotopic (exact) mass is 508 g/mol. The van der Waals surface area contributed by atoms with E-state index >= 15 is 0 Å². The van der Waals surface area contributed by atoms with Crippen LogP contribution in [0.3, 0.4) is 0 Å². The number of ether oxygens (including phenoxy) is 2. The molecule has 0 saturated heterocycles. The molecule has 0 amide bonds. The summed E-state index contributed by atoms with van der Waals surface area (Å²) in [7, 11) is 3.18. The molecule has 0 fully saturated rings. The predicted molar refractivity (Wildman–Crippen MR) is 125 cm³/mol. The van der Waals surface area contributed by atoms with Crippen molar-refractivity contribution >= 4 is 79.1 Å². The molecule has 0 bridgehead atoms. The first-order chi connectivity index (χ1) is 15.5. The van der Waals surface area contributed by atoms with E-state index < -0.39 is 11.9 Å². The van der Waals surface area contributed by atoms with Gasteiger partial charge in [-0.2, -0.15) is 0 Å². The lowest BCUT2D eigenvalue weighted by atomic mass is 10.3. The van der Waals surface area contributed by atoms with Gasteiger partial charge in [0, 0.05) is 12.1 Å². The highest BCUT2D eigenvalue weighted by atomic mass is 32.2.